The molecule has 2 aliphatic rings. The van der Waals surface area contributed by atoms with Crippen LogP contribution < -0.4 is 5.32 Å². The number of carboxylic acid groups (broad SMARTS) is 1. The standard InChI is InChI=1S/C23H25N3O.C2HF3O2/c27-23(21-15-24-22-7-2-1-6-20(21)22)25-18-9-8-16-10-12-26(19-4-3-5-19)13-11-17(16)14-18;3-2(4,5)1(6)7/h1-2,6-9,14-15,19,24H,3-5,10-13H2,(H,25,27);(H,6,7). The number of rotatable bonds is 3. The maximum absolute atomic E-state index is 12.8. The summed E-state index contributed by atoms with van der Waals surface area (Å²) in [7, 11) is 0. The minimum Gasteiger partial charge on any atom is -0.475 e. The summed E-state index contributed by atoms with van der Waals surface area (Å²) >= 11 is 0. The number of halogens is 3. The molecule has 0 bridgehead atoms. The quantitative estimate of drug-likeness (QED) is 0.500. The SMILES string of the molecule is O=C(Nc1ccc2c(c1)CCN(C1CCC1)CC2)c1c[nH]c2ccccc12.O=C(O)C(F)(F)F. The highest BCUT2D eigenvalue weighted by atomic mass is 19.4. The van der Waals surface area contributed by atoms with Gasteiger partial charge in [0.25, 0.3) is 5.91 Å². The first kappa shape index (κ1) is 23.8. The number of aromatic nitrogens is 1. The van der Waals surface area contributed by atoms with Crippen molar-refractivity contribution in [1.82, 2.24) is 9.88 Å². The van der Waals surface area contributed by atoms with Crippen molar-refractivity contribution in [2.75, 3.05) is 18.4 Å². The normalized spacial score (nSPS) is 16.6. The molecule has 1 aliphatic heterocycles. The molecule has 0 spiro atoms. The van der Waals surface area contributed by atoms with E-state index in [0.717, 1.165) is 42.0 Å². The van der Waals surface area contributed by atoms with Crippen LogP contribution in [-0.4, -0.2) is 52.2 Å². The van der Waals surface area contributed by atoms with Crippen LogP contribution in [0.2, 0.25) is 0 Å². The van der Waals surface area contributed by atoms with Gasteiger partial charge in [-0.1, -0.05) is 30.7 Å². The van der Waals surface area contributed by atoms with Gasteiger partial charge in [-0.15, -0.1) is 0 Å². The lowest BCUT2D eigenvalue weighted by Crippen LogP contribution is -2.41. The number of H-pyrrole nitrogens is 1. The van der Waals surface area contributed by atoms with Crippen LogP contribution in [0.5, 0.6) is 0 Å². The molecule has 3 aromatic rings. The second-order valence-corrected chi connectivity index (χ2v) is 8.61. The topological polar surface area (TPSA) is 85.4 Å². The molecule has 5 rings (SSSR count). The largest absolute Gasteiger partial charge is 0.490 e. The van der Waals surface area contributed by atoms with Crippen molar-refractivity contribution in [2.24, 2.45) is 0 Å². The lowest BCUT2D eigenvalue weighted by atomic mass is 9.91. The third-order valence-corrected chi connectivity index (χ3v) is 6.47. The zero-order valence-electron chi connectivity index (χ0n) is 18.5. The second-order valence-electron chi connectivity index (χ2n) is 8.61. The number of aliphatic carboxylic acids is 1. The van der Waals surface area contributed by atoms with E-state index in [4.69, 9.17) is 9.90 Å². The number of alkyl halides is 3. The number of amides is 1. The molecule has 0 atom stereocenters. The number of fused-ring (bicyclic) bond motifs is 2. The van der Waals surface area contributed by atoms with E-state index in [2.05, 4.69) is 27.3 Å². The van der Waals surface area contributed by atoms with Crippen molar-refractivity contribution < 1.29 is 27.9 Å². The van der Waals surface area contributed by atoms with Gasteiger partial charge in [-0.3, -0.25) is 9.69 Å². The van der Waals surface area contributed by atoms with Gasteiger partial charge in [0.05, 0.1) is 5.56 Å². The number of hydrogen-bond acceptors (Lipinski definition) is 3. The molecule has 0 radical (unpaired) electrons. The minimum atomic E-state index is -5.08. The van der Waals surface area contributed by atoms with Crippen LogP contribution in [0.4, 0.5) is 18.9 Å². The van der Waals surface area contributed by atoms with Gasteiger partial charge >= 0.3 is 12.1 Å². The highest BCUT2D eigenvalue weighted by Gasteiger charge is 2.38. The van der Waals surface area contributed by atoms with E-state index in [0.29, 0.717) is 5.56 Å². The highest BCUT2D eigenvalue weighted by molar-refractivity contribution is 6.12. The van der Waals surface area contributed by atoms with Gasteiger partial charge < -0.3 is 15.4 Å². The van der Waals surface area contributed by atoms with Crippen LogP contribution >= 0.6 is 0 Å². The summed E-state index contributed by atoms with van der Waals surface area (Å²) in [5.41, 5.74) is 5.38. The molecule has 0 saturated heterocycles. The lowest BCUT2D eigenvalue weighted by molar-refractivity contribution is -0.192. The van der Waals surface area contributed by atoms with Crippen LogP contribution in [0.25, 0.3) is 10.9 Å². The number of nitrogens with zero attached hydrogens (tertiary/aromatic N) is 1. The first-order valence-corrected chi connectivity index (χ1v) is 11.3. The zero-order chi connectivity index (χ0) is 24.3. The maximum Gasteiger partial charge on any atom is 0.490 e. The Labute approximate surface area is 194 Å². The van der Waals surface area contributed by atoms with Crippen molar-refractivity contribution >= 4 is 28.5 Å². The molecule has 1 fully saturated rings. The fraction of sp³-hybridized carbons (Fsp3) is 0.360. The van der Waals surface area contributed by atoms with E-state index in [-0.39, 0.29) is 5.91 Å². The van der Waals surface area contributed by atoms with Crippen LogP contribution in [0.15, 0.2) is 48.7 Å². The summed E-state index contributed by atoms with van der Waals surface area (Å²) in [5, 5.41) is 11.2. The number of carboxylic acids is 1. The van der Waals surface area contributed by atoms with E-state index >= 15 is 0 Å². The summed E-state index contributed by atoms with van der Waals surface area (Å²) in [4.78, 5) is 27.5. The van der Waals surface area contributed by atoms with E-state index in [9.17, 15) is 18.0 Å². The number of nitrogens with one attached hydrogen (secondary N) is 2. The molecule has 2 aromatic carbocycles. The first-order valence-electron chi connectivity index (χ1n) is 11.3. The zero-order valence-corrected chi connectivity index (χ0v) is 18.5. The van der Waals surface area contributed by atoms with E-state index in [1.54, 1.807) is 6.20 Å². The number of para-hydroxylation sites is 1. The third kappa shape index (κ3) is 5.41. The third-order valence-electron chi connectivity index (χ3n) is 6.47. The van der Waals surface area contributed by atoms with Gasteiger partial charge in [0.1, 0.15) is 0 Å². The van der Waals surface area contributed by atoms with Crippen LogP contribution in [0.1, 0.15) is 40.7 Å². The molecule has 1 amide bonds. The smallest absolute Gasteiger partial charge is 0.475 e. The lowest BCUT2D eigenvalue weighted by Gasteiger charge is -2.36. The Hall–Kier alpha value is -3.33. The summed E-state index contributed by atoms with van der Waals surface area (Å²) in [6.07, 6.45) is 3.01. The molecular weight excluding hydrogens is 447 g/mol. The molecule has 3 N–H and O–H groups in total. The summed E-state index contributed by atoms with van der Waals surface area (Å²) in [5.74, 6) is -2.82. The fourth-order valence-electron chi connectivity index (χ4n) is 4.40. The van der Waals surface area contributed by atoms with E-state index in [1.165, 1.54) is 36.9 Å². The van der Waals surface area contributed by atoms with Crippen LogP contribution in [0, 0.1) is 0 Å². The Bertz CT molecular complexity index is 1180. The average molecular weight is 473 g/mol. The molecule has 1 aliphatic carbocycles. The molecule has 2 heterocycles. The Morgan fingerprint density at radius 2 is 1.71 bits per heavy atom. The van der Waals surface area contributed by atoms with Crippen molar-refractivity contribution in [3.63, 3.8) is 0 Å². The second kappa shape index (κ2) is 9.89. The monoisotopic (exact) mass is 473 g/mol. The summed E-state index contributed by atoms with van der Waals surface area (Å²) in [6, 6.07) is 15.1. The molecule has 9 heteroatoms. The fourth-order valence-corrected chi connectivity index (χ4v) is 4.40. The number of anilines is 1. The maximum atomic E-state index is 12.8. The molecule has 180 valence electrons. The number of benzene rings is 2. The molecule has 0 unspecified atom stereocenters. The van der Waals surface area contributed by atoms with Crippen molar-refractivity contribution in [3.8, 4) is 0 Å². The Morgan fingerprint density at radius 3 is 2.35 bits per heavy atom. The average Bonchev–Trinajstić information content (AvgIpc) is 3.09. The van der Waals surface area contributed by atoms with Gasteiger partial charge in [0.2, 0.25) is 0 Å². The number of aromatic amines is 1. The molecule has 1 aromatic heterocycles. The van der Waals surface area contributed by atoms with Crippen molar-refractivity contribution in [2.45, 2.75) is 44.3 Å². The molecule has 34 heavy (non-hydrogen) atoms. The summed E-state index contributed by atoms with van der Waals surface area (Å²) in [6.45, 7) is 2.30. The molecular formula is C25H26F3N3O3. The Kier molecular flexibility index (Phi) is 6.92. The van der Waals surface area contributed by atoms with Gasteiger partial charge in [0.15, 0.2) is 0 Å². The Morgan fingerprint density at radius 1 is 1.03 bits per heavy atom. The predicted octanol–water partition coefficient (Wildman–Crippen LogP) is 5.01. The number of hydrogen-bond donors (Lipinski definition) is 3. The van der Waals surface area contributed by atoms with Gasteiger partial charge in [-0.2, -0.15) is 13.2 Å². The van der Waals surface area contributed by atoms with Crippen molar-refractivity contribution in [3.05, 3.63) is 65.4 Å². The molecule has 1 saturated carbocycles. The van der Waals surface area contributed by atoms with Gasteiger partial charge in [-0.05, 0) is 55.0 Å². The van der Waals surface area contributed by atoms with Gasteiger partial charge in [-0.25, -0.2) is 4.79 Å². The van der Waals surface area contributed by atoms with Gasteiger partial charge in [0, 0.05) is 41.9 Å². The predicted molar refractivity (Wildman–Crippen MR) is 123 cm³/mol. The van der Waals surface area contributed by atoms with E-state index in [1.807, 2.05) is 30.3 Å². The highest BCUT2D eigenvalue weighted by Crippen LogP contribution is 2.28. The van der Waals surface area contributed by atoms with Crippen molar-refractivity contribution in [1.29, 1.82) is 0 Å². The minimum absolute atomic E-state index is 0.0582. The Balaban J connectivity index is 0.000000344. The van der Waals surface area contributed by atoms with Crippen LogP contribution in [-0.2, 0) is 17.6 Å². The first-order chi connectivity index (χ1) is 16.2. The van der Waals surface area contributed by atoms with E-state index < -0.39 is 12.1 Å². The molecule has 6 nitrogen and oxygen atoms in total. The summed E-state index contributed by atoms with van der Waals surface area (Å²) < 4.78 is 31.7. The number of carbonyl (C=O) groups excluding carboxylic acids is 1. The number of carbonyl (C=O) groups is 2. The van der Waals surface area contributed by atoms with Crippen LogP contribution in [0.3, 0.4) is 0 Å².